The summed E-state index contributed by atoms with van der Waals surface area (Å²) >= 11 is 0. The summed E-state index contributed by atoms with van der Waals surface area (Å²) < 4.78 is 0. The zero-order chi connectivity index (χ0) is 11.4. The second-order valence-electron chi connectivity index (χ2n) is 5.40. The molecule has 1 unspecified atom stereocenters. The number of hydrogen-bond acceptors (Lipinski definition) is 3. The van der Waals surface area contributed by atoms with Gasteiger partial charge in [-0.1, -0.05) is 20.8 Å². The maximum absolute atomic E-state index is 5.81. The quantitative estimate of drug-likeness (QED) is 0.716. The number of hydrogen-bond donors (Lipinski definition) is 1. The molecule has 14 heavy (non-hydrogen) atoms. The molecule has 0 aromatic carbocycles. The van der Waals surface area contributed by atoms with E-state index in [-0.39, 0.29) is 5.41 Å². The van der Waals surface area contributed by atoms with E-state index in [0.29, 0.717) is 6.04 Å². The van der Waals surface area contributed by atoms with Gasteiger partial charge in [-0.15, -0.1) is 0 Å². The molecule has 0 bridgehead atoms. The SMILES string of the molecule is CN(C)CCN(C)C(CN)C(C)(C)C. The van der Waals surface area contributed by atoms with Crippen LogP contribution in [0.4, 0.5) is 0 Å². The van der Waals surface area contributed by atoms with Crippen molar-refractivity contribution in [2.45, 2.75) is 26.8 Å². The van der Waals surface area contributed by atoms with Crippen LogP contribution in [0.5, 0.6) is 0 Å². The third-order valence-electron chi connectivity index (χ3n) is 2.65. The molecule has 86 valence electrons. The minimum atomic E-state index is 0.260. The van der Waals surface area contributed by atoms with E-state index in [2.05, 4.69) is 51.7 Å². The normalized spacial score (nSPS) is 15.2. The monoisotopic (exact) mass is 201 g/mol. The smallest absolute Gasteiger partial charge is 0.0264 e. The summed E-state index contributed by atoms with van der Waals surface area (Å²) in [6.07, 6.45) is 0. The van der Waals surface area contributed by atoms with Crippen molar-refractivity contribution in [3.05, 3.63) is 0 Å². The summed E-state index contributed by atoms with van der Waals surface area (Å²) in [5.74, 6) is 0. The fourth-order valence-electron chi connectivity index (χ4n) is 1.71. The Bertz CT molecular complexity index is 149. The molecule has 0 spiro atoms. The maximum Gasteiger partial charge on any atom is 0.0264 e. The molecule has 0 rings (SSSR count). The van der Waals surface area contributed by atoms with Gasteiger partial charge < -0.3 is 15.5 Å². The van der Waals surface area contributed by atoms with Crippen molar-refractivity contribution in [2.75, 3.05) is 40.8 Å². The first-order valence-corrected chi connectivity index (χ1v) is 5.34. The maximum atomic E-state index is 5.81. The van der Waals surface area contributed by atoms with Gasteiger partial charge in [0.2, 0.25) is 0 Å². The van der Waals surface area contributed by atoms with Crippen molar-refractivity contribution in [2.24, 2.45) is 11.1 Å². The van der Waals surface area contributed by atoms with Crippen LogP contribution in [-0.4, -0.2) is 56.6 Å². The van der Waals surface area contributed by atoms with Crippen LogP contribution in [0.1, 0.15) is 20.8 Å². The lowest BCUT2D eigenvalue weighted by Crippen LogP contribution is -2.48. The second-order valence-corrected chi connectivity index (χ2v) is 5.40. The van der Waals surface area contributed by atoms with E-state index >= 15 is 0 Å². The molecule has 0 aliphatic heterocycles. The highest BCUT2D eigenvalue weighted by atomic mass is 15.2. The highest BCUT2D eigenvalue weighted by Gasteiger charge is 2.26. The summed E-state index contributed by atoms with van der Waals surface area (Å²) in [4.78, 5) is 4.56. The number of rotatable bonds is 5. The molecule has 0 aliphatic carbocycles. The largest absolute Gasteiger partial charge is 0.329 e. The zero-order valence-electron chi connectivity index (χ0n) is 10.7. The number of nitrogens with two attached hydrogens (primary N) is 1. The third-order valence-corrected chi connectivity index (χ3v) is 2.65. The molecule has 0 saturated heterocycles. The molecule has 2 N–H and O–H groups in total. The molecule has 0 aliphatic rings. The predicted molar refractivity (Wildman–Crippen MR) is 63.5 cm³/mol. The van der Waals surface area contributed by atoms with E-state index in [1.54, 1.807) is 0 Å². The minimum absolute atomic E-state index is 0.260. The lowest BCUT2D eigenvalue weighted by molar-refractivity contribution is 0.123. The fraction of sp³-hybridized carbons (Fsp3) is 1.00. The van der Waals surface area contributed by atoms with Crippen molar-refractivity contribution in [1.29, 1.82) is 0 Å². The van der Waals surface area contributed by atoms with Gasteiger partial charge in [0.1, 0.15) is 0 Å². The second kappa shape index (κ2) is 5.69. The average molecular weight is 201 g/mol. The average Bonchev–Trinajstić information content (AvgIpc) is 1.99. The van der Waals surface area contributed by atoms with Gasteiger partial charge in [-0.05, 0) is 26.6 Å². The molecule has 0 heterocycles. The Morgan fingerprint density at radius 3 is 1.86 bits per heavy atom. The van der Waals surface area contributed by atoms with Gasteiger partial charge in [0.15, 0.2) is 0 Å². The molecule has 3 nitrogen and oxygen atoms in total. The van der Waals surface area contributed by atoms with Gasteiger partial charge in [0, 0.05) is 25.7 Å². The lowest BCUT2D eigenvalue weighted by Gasteiger charge is -2.37. The lowest BCUT2D eigenvalue weighted by atomic mass is 9.86. The molecular weight excluding hydrogens is 174 g/mol. The topological polar surface area (TPSA) is 32.5 Å². The van der Waals surface area contributed by atoms with Gasteiger partial charge >= 0.3 is 0 Å². The van der Waals surface area contributed by atoms with Crippen LogP contribution in [0.15, 0.2) is 0 Å². The van der Waals surface area contributed by atoms with Crippen molar-refractivity contribution >= 4 is 0 Å². The Balaban J connectivity index is 4.12. The number of nitrogens with zero attached hydrogens (tertiary/aromatic N) is 2. The van der Waals surface area contributed by atoms with E-state index in [1.807, 2.05) is 0 Å². The van der Waals surface area contributed by atoms with Crippen LogP contribution in [-0.2, 0) is 0 Å². The summed E-state index contributed by atoms with van der Waals surface area (Å²) in [7, 11) is 6.36. The molecule has 0 saturated carbocycles. The van der Waals surface area contributed by atoms with Crippen LogP contribution in [0.3, 0.4) is 0 Å². The highest BCUT2D eigenvalue weighted by molar-refractivity contribution is 4.82. The first-order valence-electron chi connectivity index (χ1n) is 5.34. The molecule has 0 aromatic heterocycles. The Morgan fingerprint density at radius 1 is 1.07 bits per heavy atom. The summed E-state index contributed by atoms with van der Waals surface area (Å²) in [6.45, 7) is 9.63. The van der Waals surface area contributed by atoms with Gasteiger partial charge in [0.05, 0.1) is 0 Å². The van der Waals surface area contributed by atoms with Crippen LogP contribution >= 0.6 is 0 Å². The highest BCUT2D eigenvalue weighted by Crippen LogP contribution is 2.22. The summed E-state index contributed by atoms with van der Waals surface area (Å²) in [6, 6.07) is 0.461. The first kappa shape index (κ1) is 13.9. The standard InChI is InChI=1S/C11H27N3/c1-11(2,3)10(9-12)14(6)8-7-13(4)5/h10H,7-9,12H2,1-6H3. The molecule has 0 aromatic rings. The molecule has 1 atom stereocenters. The zero-order valence-corrected chi connectivity index (χ0v) is 10.7. The van der Waals surface area contributed by atoms with E-state index in [9.17, 15) is 0 Å². The molecule has 0 fully saturated rings. The van der Waals surface area contributed by atoms with E-state index in [1.165, 1.54) is 0 Å². The van der Waals surface area contributed by atoms with Gasteiger partial charge in [-0.25, -0.2) is 0 Å². The predicted octanol–water partition coefficient (Wildman–Crippen LogP) is 0.853. The fourth-order valence-corrected chi connectivity index (χ4v) is 1.71. The number of likely N-dealkylation sites (N-methyl/N-ethyl adjacent to an activating group) is 2. The van der Waals surface area contributed by atoms with Crippen LogP contribution in [0.25, 0.3) is 0 Å². The van der Waals surface area contributed by atoms with Crippen LogP contribution < -0.4 is 5.73 Å². The van der Waals surface area contributed by atoms with E-state index in [0.717, 1.165) is 19.6 Å². The molecular formula is C11H27N3. The van der Waals surface area contributed by atoms with Crippen molar-refractivity contribution in [3.8, 4) is 0 Å². The van der Waals surface area contributed by atoms with Gasteiger partial charge in [-0.3, -0.25) is 0 Å². The Labute approximate surface area is 89.2 Å². The first-order chi connectivity index (χ1) is 6.29. The Kier molecular flexibility index (Phi) is 5.64. The van der Waals surface area contributed by atoms with Crippen LogP contribution in [0, 0.1) is 5.41 Å². The Hall–Kier alpha value is -0.120. The van der Waals surface area contributed by atoms with Crippen molar-refractivity contribution in [3.63, 3.8) is 0 Å². The Morgan fingerprint density at radius 2 is 1.57 bits per heavy atom. The summed E-state index contributed by atoms with van der Waals surface area (Å²) in [5, 5.41) is 0. The van der Waals surface area contributed by atoms with Gasteiger partial charge in [0.25, 0.3) is 0 Å². The van der Waals surface area contributed by atoms with Crippen LogP contribution in [0.2, 0.25) is 0 Å². The van der Waals surface area contributed by atoms with Crippen molar-refractivity contribution < 1.29 is 0 Å². The molecule has 0 amide bonds. The molecule has 3 heteroatoms. The molecule has 0 radical (unpaired) electrons. The van der Waals surface area contributed by atoms with Gasteiger partial charge in [-0.2, -0.15) is 0 Å². The minimum Gasteiger partial charge on any atom is -0.329 e. The van der Waals surface area contributed by atoms with Crippen molar-refractivity contribution in [1.82, 2.24) is 9.80 Å². The van der Waals surface area contributed by atoms with E-state index < -0.39 is 0 Å². The third kappa shape index (κ3) is 4.94. The van der Waals surface area contributed by atoms with E-state index in [4.69, 9.17) is 5.73 Å². The summed E-state index contributed by atoms with van der Waals surface area (Å²) in [5.41, 5.74) is 6.07.